The maximum Gasteiger partial charge on any atom is 0.339 e. The summed E-state index contributed by atoms with van der Waals surface area (Å²) in [5, 5.41) is 27.9. The number of aliphatic hydroxyl groups is 1. The van der Waals surface area contributed by atoms with Crippen LogP contribution in [0.3, 0.4) is 0 Å². The molecule has 23 heavy (non-hydrogen) atoms. The Balaban J connectivity index is 2.33. The van der Waals surface area contributed by atoms with Crippen molar-refractivity contribution in [2.75, 3.05) is 4.72 Å². The second kappa shape index (κ2) is 6.27. The number of hydrogen-bond donors (Lipinski definition) is 4. The first-order valence-corrected chi connectivity index (χ1v) is 8.06. The lowest BCUT2D eigenvalue weighted by Crippen LogP contribution is -2.13. The van der Waals surface area contributed by atoms with Crippen LogP contribution in [0.25, 0.3) is 0 Å². The summed E-state index contributed by atoms with van der Waals surface area (Å²) in [5.74, 6) is -1.86. The molecule has 0 radical (unpaired) electrons. The Kier molecular flexibility index (Phi) is 4.57. The van der Waals surface area contributed by atoms with Gasteiger partial charge in [0.15, 0.2) is 0 Å². The second-order valence-corrected chi connectivity index (χ2v) is 6.57. The lowest BCUT2D eigenvalue weighted by Gasteiger charge is -2.11. The van der Waals surface area contributed by atoms with Gasteiger partial charge in [0.25, 0.3) is 10.0 Å². The van der Waals surface area contributed by atoms with Crippen LogP contribution in [0.5, 0.6) is 5.75 Å². The van der Waals surface area contributed by atoms with Gasteiger partial charge in [-0.2, -0.15) is 0 Å². The number of carboxylic acid groups (broad SMARTS) is 1. The maximum absolute atomic E-state index is 12.3. The summed E-state index contributed by atoms with van der Waals surface area (Å²) >= 11 is 0. The zero-order valence-corrected chi connectivity index (χ0v) is 12.9. The van der Waals surface area contributed by atoms with E-state index in [4.69, 9.17) is 5.11 Å². The lowest BCUT2D eigenvalue weighted by molar-refractivity contribution is 0.0693. The van der Waals surface area contributed by atoms with E-state index in [0.717, 1.165) is 12.1 Å². The number of aromatic hydroxyl groups is 1. The predicted octanol–water partition coefficient (Wildman–Crippen LogP) is 1.94. The molecule has 8 heteroatoms. The summed E-state index contributed by atoms with van der Waals surface area (Å²) < 4.78 is 26.9. The van der Waals surface area contributed by atoms with Crippen LogP contribution in [0.1, 0.15) is 28.9 Å². The van der Waals surface area contributed by atoms with Gasteiger partial charge in [-0.25, -0.2) is 13.2 Å². The minimum Gasteiger partial charge on any atom is -0.507 e. The largest absolute Gasteiger partial charge is 0.507 e. The number of aliphatic hydroxyl groups excluding tert-OH is 1. The van der Waals surface area contributed by atoms with E-state index in [1.807, 2.05) is 0 Å². The molecule has 0 aliphatic rings. The summed E-state index contributed by atoms with van der Waals surface area (Å²) in [7, 11) is -3.94. The van der Waals surface area contributed by atoms with Gasteiger partial charge in [0.1, 0.15) is 11.3 Å². The molecular formula is C15H15NO6S. The molecule has 0 spiro atoms. The van der Waals surface area contributed by atoms with E-state index < -0.39 is 27.8 Å². The Morgan fingerprint density at radius 3 is 2.43 bits per heavy atom. The van der Waals surface area contributed by atoms with E-state index in [1.54, 1.807) is 6.07 Å². The minimum atomic E-state index is -3.94. The average Bonchev–Trinajstić information content (AvgIpc) is 2.46. The summed E-state index contributed by atoms with van der Waals surface area (Å²) in [5.41, 5.74) is 0.135. The Bertz CT molecular complexity index is 845. The van der Waals surface area contributed by atoms with E-state index >= 15 is 0 Å². The van der Waals surface area contributed by atoms with Crippen LogP contribution in [0.4, 0.5) is 5.69 Å². The molecule has 7 nitrogen and oxygen atoms in total. The highest BCUT2D eigenvalue weighted by molar-refractivity contribution is 7.92. The van der Waals surface area contributed by atoms with Crippen molar-refractivity contribution >= 4 is 21.7 Å². The predicted molar refractivity (Wildman–Crippen MR) is 83.0 cm³/mol. The van der Waals surface area contributed by atoms with E-state index in [1.165, 1.54) is 31.2 Å². The molecule has 0 amide bonds. The van der Waals surface area contributed by atoms with Crippen molar-refractivity contribution in [2.24, 2.45) is 0 Å². The van der Waals surface area contributed by atoms with Crippen LogP contribution in [0, 0.1) is 0 Å². The minimum absolute atomic E-state index is 0.0231. The van der Waals surface area contributed by atoms with Crippen LogP contribution in [-0.4, -0.2) is 29.7 Å². The van der Waals surface area contributed by atoms with Crippen LogP contribution in [0.2, 0.25) is 0 Å². The number of benzene rings is 2. The van der Waals surface area contributed by atoms with Gasteiger partial charge >= 0.3 is 5.97 Å². The maximum atomic E-state index is 12.3. The van der Waals surface area contributed by atoms with Gasteiger partial charge in [-0.1, -0.05) is 12.1 Å². The smallest absolute Gasteiger partial charge is 0.339 e. The number of nitrogens with one attached hydrogen (secondary N) is 1. The van der Waals surface area contributed by atoms with Gasteiger partial charge in [-0.3, -0.25) is 4.72 Å². The van der Waals surface area contributed by atoms with Crippen LogP contribution in [-0.2, 0) is 10.0 Å². The highest BCUT2D eigenvalue weighted by atomic mass is 32.2. The van der Waals surface area contributed by atoms with Crippen molar-refractivity contribution in [1.29, 1.82) is 0 Å². The first-order valence-electron chi connectivity index (χ1n) is 6.58. The third-order valence-electron chi connectivity index (χ3n) is 3.13. The van der Waals surface area contributed by atoms with Crippen molar-refractivity contribution in [3.8, 4) is 5.75 Å². The van der Waals surface area contributed by atoms with Gasteiger partial charge in [0, 0.05) is 6.07 Å². The zero-order chi connectivity index (χ0) is 17.2. The molecule has 0 saturated heterocycles. The molecule has 2 aromatic rings. The zero-order valence-electron chi connectivity index (χ0n) is 12.1. The summed E-state index contributed by atoms with van der Waals surface area (Å²) in [6.45, 7) is 1.52. The van der Waals surface area contributed by atoms with Gasteiger partial charge in [-0.05, 0) is 36.8 Å². The summed E-state index contributed by atoms with van der Waals surface area (Å²) in [6.07, 6.45) is -0.816. The highest BCUT2D eigenvalue weighted by Gasteiger charge is 2.17. The average molecular weight is 337 g/mol. The summed E-state index contributed by atoms with van der Waals surface area (Å²) in [6, 6.07) is 9.14. The molecule has 0 saturated carbocycles. The van der Waals surface area contributed by atoms with E-state index in [0.29, 0.717) is 5.56 Å². The Labute approximate surface area is 132 Å². The Morgan fingerprint density at radius 2 is 1.87 bits per heavy atom. The number of anilines is 1. The number of hydrogen-bond acceptors (Lipinski definition) is 5. The number of phenols is 1. The van der Waals surface area contributed by atoms with Crippen molar-refractivity contribution in [1.82, 2.24) is 0 Å². The van der Waals surface area contributed by atoms with Gasteiger partial charge in [0.05, 0.1) is 16.7 Å². The Morgan fingerprint density at radius 1 is 1.17 bits per heavy atom. The van der Waals surface area contributed by atoms with Crippen molar-refractivity contribution < 1.29 is 28.5 Å². The van der Waals surface area contributed by atoms with Gasteiger partial charge in [-0.15, -0.1) is 0 Å². The van der Waals surface area contributed by atoms with Crippen LogP contribution >= 0.6 is 0 Å². The SMILES string of the molecule is CC(O)c1cccc(S(=O)(=O)Nc2ccc(C(=O)O)c(O)c2)c1. The summed E-state index contributed by atoms with van der Waals surface area (Å²) in [4.78, 5) is 10.8. The topological polar surface area (TPSA) is 124 Å². The quantitative estimate of drug-likeness (QED) is 0.661. The fraction of sp³-hybridized carbons (Fsp3) is 0.133. The van der Waals surface area contributed by atoms with E-state index in [2.05, 4.69) is 4.72 Å². The lowest BCUT2D eigenvalue weighted by atomic mass is 10.1. The highest BCUT2D eigenvalue weighted by Crippen LogP contribution is 2.25. The first kappa shape index (κ1) is 16.8. The van der Waals surface area contributed by atoms with Gasteiger partial charge < -0.3 is 15.3 Å². The molecule has 0 bridgehead atoms. The number of carboxylic acids is 1. The molecule has 0 aliphatic carbocycles. The number of aromatic carboxylic acids is 1. The number of carbonyl (C=O) groups is 1. The fourth-order valence-corrected chi connectivity index (χ4v) is 3.04. The van der Waals surface area contributed by atoms with Crippen LogP contribution in [0.15, 0.2) is 47.4 Å². The third-order valence-corrected chi connectivity index (χ3v) is 4.51. The molecular weight excluding hydrogens is 322 g/mol. The first-order chi connectivity index (χ1) is 10.7. The molecule has 0 heterocycles. The third kappa shape index (κ3) is 3.79. The molecule has 0 aliphatic heterocycles. The molecule has 0 aromatic heterocycles. The Hall–Kier alpha value is -2.58. The number of sulfonamides is 1. The molecule has 0 fully saturated rings. The molecule has 2 aromatic carbocycles. The van der Waals surface area contributed by atoms with Crippen molar-refractivity contribution in [3.63, 3.8) is 0 Å². The fourth-order valence-electron chi connectivity index (χ4n) is 1.93. The molecule has 2 rings (SSSR count). The number of rotatable bonds is 5. The van der Waals surface area contributed by atoms with Crippen molar-refractivity contribution in [2.45, 2.75) is 17.9 Å². The molecule has 4 N–H and O–H groups in total. The second-order valence-electron chi connectivity index (χ2n) is 4.89. The standard InChI is InChI=1S/C15H15NO6S/c1-9(17)10-3-2-4-12(7-10)23(21,22)16-11-5-6-13(15(19)20)14(18)8-11/h2-9,16-18H,1H3,(H,19,20). The molecule has 1 unspecified atom stereocenters. The monoisotopic (exact) mass is 337 g/mol. The van der Waals surface area contributed by atoms with E-state index in [-0.39, 0.29) is 16.1 Å². The van der Waals surface area contributed by atoms with Crippen molar-refractivity contribution in [3.05, 3.63) is 53.6 Å². The van der Waals surface area contributed by atoms with Crippen LogP contribution < -0.4 is 4.72 Å². The van der Waals surface area contributed by atoms with E-state index in [9.17, 15) is 23.4 Å². The molecule has 1 atom stereocenters. The molecule has 122 valence electrons. The normalized spacial score (nSPS) is 12.6. The van der Waals surface area contributed by atoms with Gasteiger partial charge in [0.2, 0.25) is 0 Å².